The van der Waals surface area contributed by atoms with Gasteiger partial charge in [-0.15, -0.1) is 0 Å². The van der Waals surface area contributed by atoms with E-state index in [1.807, 2.05) is 12.1 Å². The average Bonchev–Trinajstić information content (AvgIpc) is 3.22. The smallest absolute Gasteiger partial charge is 0.269 e. The van der Waals surface area contributed by atoms with E-state index in [0.29, 0.717) is 5.56 Å². The Labute approximate surface area is 176 Å². The lowest BCUT2D eigenvalue weighted by molar-refractivity contribution is -0.384. The molecular weight excluding hydrogens is 426 g/mol. The van der Waals surface area contributed by atoms with Crippen LogP contribution in [0.5, 0.6) is 0 Å². The molecule has 0 spiro atoms. The lowest BCUT2D eigenvalue weighted by atomic mass is 9.90. The molecule has 30 heavy (non-hydrogen) atoms. The van der Waals surface area contributed by atoms with Gasteiger partial charge in [0.15, 0.2) is 5.13 Å². The van der Waals surface area contributed by atoms with E-state index in [1.165, 1.54) is 29.5 Å². The zero-order valence-electron chi connectivity index (χ0n) is 15.7. The number of amides is 1. The maximum Gasteiger partial charge on any atom is 0.269 e. The molecule has 1 amide bonds. The summed E-state index contributed by atoms with van der Waals surface area (Å²) in [5.41, 5.74) is 2.75. The second-order valence-electron chi connectivity index (χ2n) is 6.88. The summed E-state index contributed by atoms with van der Waals surface area (Å²) in [5, 5.41) is 13.6. The van der Waals surface area contributed by atoms with Crippen LogP contribution >= 0.6 is 11.3 Å². The molecule has 10 heteroatoms. The van der Waals surface area contributed by atoms with Gasteiger partial charge >= 0.3 is 0 Å². The standard InChI is InChI=1S/C20H17N3O5S2/c24-19(15-6-5-13-3-1-2-4-14(13)11-15)22-20-21-12-18(29-20)30(27,28)17-9-7-16(8-10-17)23(25)26/h5-12H,1-4H2,(H,21,22,24). The van der Waals surface area contributed by atoms with Crippen LogP contribution < -0.4 is 5.32 Å². The molecule has 1 heterocycles. The van der Waals surface area contributed by atoms with Crippen LogP contribution in [0.2, 0.25) is 0 Å². The summed E-state index contributed by atoms with van der Waals surface area (Å²) in [7, 11) is -3.89. The minimum absolute atomic E-state index is 0.0582. The minimum Gasteiger partial charge on any atom is -0.298 e. The van der Waals surface area contributed by atoms with E-state index in [-0.39, 0.29) is 25.8 Å². The normalized spacial score (nSPS) is 13.5. The molecule has 4 rings (SSSR count). The van der Waals surface area contributed by atoms with Crippen molar-refractivity contribution in [2.75, 3.05) is 5.32 Å². The van der Waals surface area contributed by atoms with Gasteiger partial charge in [0.25, 0.3) is 11.6 Å². The fourth-order valence-corrected chi connectivity index (χ4v) is 5.78. The number of carbonyl (C=O) groups excluding carboxylic acids is 1. The van der Waals surface area contributed by atoms with Crippen molar-refractivity contribution >= 4 is 37.9 Å². The molecule has 1 N–H and O–H groups in total. The van der Waals surface area contributed by atoms with Crippen LogP contribution in [0.15, 0.2) is 57.8 Å². The molecule has 0 bridgehead atoms. The first kappa shape index (κ1) is 20.2. The number of nitro benzene ring substituents is 1. The van der Waals surface area contributed by atoms with Crippen molar-refractivity contribution in [1.29, 1.82) is 0 Å². The number of anilines is 1. The third-order valence-corrected chi connectivity index (χ3v) is 8.08. The van der Waals surface area contributed by atoms with Gasteiger partial charge < -0.3 is 0 Å². The molecule has 0 saturated carbocycles. The van der Waals surface area contributed by atoms with Gasteiger partial charge in [-0.05, 0) is 61.1 Å². The number of nitro groups is 1. The van der Waals surface area contributed by atoms with Crippen LogP contribution in [0.25, 0.3) is 0 Å². The molecule has 154 valence electrons. The monoisotopic (exact) mass is 443 g/mol. The number of aromatic nitrogens is 1. The van der Waals surface area contributed by atoms with Crippen LogP contribution in [0, 0.1) is 10.1 Å². The summed E-state index contributed by atoms with van der Waals surface area (Å²) < 4.78 is 25.4. The van der Waals surface area contributed by atoms with Crippen LogP contribution in [0.3, 0.4) is 0 Å². The lowest BCUT2D eigenvalue weighted by Crippen LogP contribution is -2.13. The van der Waals surface area contributed by atoms with Gasteiger partial charge in [0, 0.05) is 17.7 Å². The zero-order valence-corrected chi connectivity index (χ0v) is 17.3. The van der Waals surface area contributed by atoms with E-state index in [0.717, 1.165) is 49.2 Å². The number of sulfone groups is 1. The fraction of sp³-hybridized carbons (Fsp3) is 0.200. The van der Waals surface area contributed by atoms with Crippen molar-refractivity contribution < 1.29 is 18.1 Å². The molecule has 2 aromatic carbocycles. The van der Waals surface area contributed by atoms with Crippen molar-refractivity contribution in [3.8, 4) is 0 Å². The van der Waals surface area contributed by atoms with Gasteiger partial charge in [-0.3, -0.25) is 20.2 Å². The number of rotatable bonds is 5. The minimum atomic E-state index is -3.89. The Morgan fingerprint density at radius 2 is 1.77 bits per heavy atom. The third kappa shape index (κ3) is 3.96. The van der Waals surface area contributed by atoms with Gasteiger partial charge in [-0.2, -0.15) is 0 Å². The van der Waals surface area contributed by atoms with Crippen molar-refractivity contribution in [2.24, 2.45) is 0 Å². The second-order valence-corrected chi connectivity index (χ2v) is 10.1. The number of benzene rings is 2. The van der Waals surface area contributed by atoms with Crippen LogP contribution in [0.1, 0.15) is 34.3 Å². The van der Waals surface area contributed by atoms with E-state index >= 15 is 0 Å². The third-order valence-electron chi connectivity index (χ3n) is 4.94. The Balaban J connectivity index is 1.52. The predicted molar refractivity (Wildman–Crippen MR) is 112 cm³/mol. The number of non-ortho nitro benzene ring substituents is 1. The number of fused-ring (bicyclic) bond motifs is 1. The quantitative estimate of drug-likeness (QED) is 0.470. The molecule has 3 aromatic rings. The molecule has 1 aromatic heterocycles. The Bertz CT molecular complexity index is 1230. The van der Waals surface area contributed by atoms with Gasteiger partial charge in [0.2, 0.25) is 9.84 Å². The molecule has 0 atom stereocenters. The molecule has 1 aliphatic rings. The largest absolute Gasteiger partial charge is 0.298 e. The Kier molecular flexibility index (Phi) is 5.35. The van der Waals surface area contributed by atoms with E-state index in [4.69, 9.17) is 0 Å². The molecule has 0 radical (unpaired) electrons. The first-order valence-corrected chi connectivity index (χ1v) is 11.5. The van der Waals surface area contributed by atoms with Crippen molar-refractivity contribution in [1.82, 2.24) is 4.98 Å². The van der Waals surface area contributed by atoms with Crippen LogP contribution in [-0.2, 0) is 22.7 Å². The summed E-state index contributed by atoms with van der Waals surface area (Å²) in [5.74, 6) is -0.350. The second kappa shape index (κ2) is 7.96. The number of carbonyl (C=O) groups is 1. The van der Waals surface area contributed by atoms with Crippen molar-refractivity contribution in [3.05, 3.63) is 75.5 Å². The van der Waals surface area contributed by atoms with E-state index in [9.17, 15) is 23.3 Å². The van der Waals surface area contributed by atoms with Crippen LogP contribution in [0.4, 0.5) is 10.8 Å². The number of nitrogens with one attached hydrogen (secondary N) is 1. The summed E-state index contributed by atoms with van der Waals surface area (Å²) in [6.45, 7) is 0. The number of aryl methyl sites for hydroxylation is 2. The topological polar surface area (TPSA) is 119 Å². The number of hydrogen-bond acceptors (Lipinski definition) is 7. The zero-order chi connectivity index (χ0) is 21.3. The Morgan fingerprint density at radius 1 is 1.07 bits per heavy atom. The maximum absolute atomic E-state index is 12.7. The first-order valence-electron chi connectivity index (χ1n) is 9.23. The van der Waals surface area contributed by atoms with Gasteiger partial charge in [0.05, 0.1) is 16.0 Å². The summed E-state index contributed by atoms with van der Waals surface area (Å²) in [4.78, 5) is 26.6. The summed E-state index contributed by atoms with van der Waals surface area (Å²) >= 11 is 0.832. The maximum atomic E-state index is 12.7. The Hall–Kier alpha value is -3.11. The molecule has 8 nitrogen and oxygen atoms in total. The molecule has 1 aliphatic carbocycles. The number of hydrogen-bond donors (Lipinski definition) is 1. The summed E-state index contributed by atoms with van der Waals surface area (Å²) in [6, 6.07) is 10.2. The molecule has 0 aliphatic heterocycles. The molecular formula is C20H17N3O5S2. The number of thiazole rings is 1. The van der Waals surface area contributed by atoms with E-state index in [1.54, 1.807) is 6.07 Å². The highest BCUT2D eigenvalue weighted by atomic mass is 32.2. The molecule has 0 saturated heterocycles. The highest BCUT2D eigenvalue weighted by Crippen LogP contribution is 2.30. The Morgan fingerprint density at radius 3 is 2.47 bits per heavy atom. The van der Waals surface area contributed by atoms with E-state index in [2.05, 4.69) is 10.3 Å². The molecule has 0 unspecified atom stereocenters. The van der Waals surface area contributed by atoms with Gasteiger partial charge in [-0.1, -0.05) is 17.4 Å². The number of nitrogens with zero attached hydrogens (tertiary/aromatic N) is 2. The highest BCUT2D eigenvalue weighted by molar-refractivity contribution is 7.93. The van der Waals surface area contributed by atoms with Gasteiger partial charge in [0.1, 0.15) is 4.21 Å². The van der Waals surface area contributed by atoms with E-state index < -0.39 is 14.8 Å². The lowest BCUT2D eigenvalue weighted by Gasteiger charge is -2.16. The SMILES string of the molecule is O=C(Nc1ncc(S(=O)(=O)c2ccc([N+](=O)[O-])cc2)s1)c1ccc2c(c1)CCCC2. The van der Waals surface area contributed by atoms with Crippen molar-refractivity contribution in [2.45, 2.75) is 34.8 Å². The van der Waals surface area contributed by atoms with Crippen LogP contribution in [-0.4, -0.2) is 24.2 Å². The summed E-state index contributed by atoms with van der Waals surface area (Å²) in [6.07, 6.45) is 5.40. The van der Waals surface area contributed by atoms with Crippen molar-refractivity contribution in [3.63, 3.8) is 0 Å². The predicted octanol–water partition coefficient (Wildman–Crippen LogP) is 4.02. The van der Waals surface area contributed by atoms with Gasteiger partial charge in [-0.25, -0.2) is 13.4 Å². The first-order chi connectivity index (χ1) is 14.3. The highest BCUT2D eigenvalue weighted by Gasteiger charge is 2.23. The fourth-order valence-electron chi connectivity index (χ4n) is 3.35. The molecule has 0 fully saturated rings. The average molecular weight is 444 g/mol.